The molecule has 2 aromatic heterocycles. The molecule has 0 bridgehead atoms. The molecular weight excluding hydrogens is 477 g/mol. The van der Waals surface area contributed by atoms with Crippen LogP contribution in [0.15, 0.2) is 42.6 Å². The van der Waals surface area contributed by atoms with Crippen molar-refractivity contribution in [2.75, 3.05) is 25.5 Å². The first-order valence-electron chi connectivity index (χ1n) is 11.5. The van der Waals surface area contributed by atoms with Crippen molar-refractivity contribution in [3.63, 3.8) is 0 Å². The average Bonchev–Trinajstić information content (AvgIpc) is 3.14. The van der Waals surface area contributed by atoms with Crippen molar-refractivity contribution in [1.82, 2.24) is 14.5 Å². The van der Waals surface area contributed by atoms with Crippen LogP contribution in [0.25, 0.3) is 10.9 Å². The second-order valence-electron chi connectivity index (χ2n) is 8.98. The van der Waals surface area contributed by atoms with Gasteiger partial charge in [-0.1, -0.05) is 17.7 Å². The van der Waals surface area contributed by atoms with E-state index < -0.39 is 18.6 Å². The van der Waals surface area contributed by atoms with Crippen LogP contribution in [0.1, 0.15) is 30.5 Å². The van der Waals surface area contributed by atoms with Crippen LogP contribution < -0.4 is 5.32 Å². The fraction of sp³-hybridized carbons (Fsp3) is 0.385. The summed E-state index contributed by atoms with van der Waals surface area (Å²) in [6, 6.07) is 10.2. The number of likely N-dealkylation sites (tertiary alicyclic amines) is 1. The summed E-state index contributed by atoms with van der Waals surface area (Å²) in [7, 11) is 2.13. The lowest BCUT2D eigenvalue weighted by molar-refractivity contribution is -0.140. The predicted octanol–water partition coefficient (Wildman–Crippen LogP) is 5.52. The van der Waals surface area contributed by atoms with E-state index in [4.69, 9.17) is 11.6 Å². The number of benzene rings is 1. The molecule has 0 unspecified atom stereocenters. The number of amides is 1. The molecule has 1 N–H and O–H groups in total. The first-order valence-corrected chi connectivity index (χ1v) is 11.9. The number of aromatic nitrogens is 2. The first-order chi connectivity index (χ1) is 16.7. The normalized spacial score (nSPS) is 15.1. The van der Waals surface area contributed by atoms with Gasteiger partial charge in [-0.05, 0) is 93.6 Å². The summed E-state index contributed by atoms with van der Waals surface area (Å²) < 4.78 is 41.0. The molecule has 0 radical (unpaired) electrons. The third-order valence-electron chi connectivity index (χ3n) is 6.27. The van der Waals surface area contributed by atoms with Gasteiger partial charge in [0.25, 0.3) is 0 Å². The molecular formula is C26H26ClF3N4O. The lowest BCUT2D eigenvalue weighted by atomic mass is 9.90. The van der Waals surface area contributed by atoms with E-state index >= 15 is 0 Å². The summed E-state index contributed by atoms with van der Waals surface area (Å²) in [5, 5.41) is 3.49. The van der Waals surface area contributed by atoms with E-state index in [1.54, 1.807) is 18.2 Å². The number of carbonyl (C=O) groups excluding carboxylic acids is 1. The van der Waals surface area contributed by atoms with Gasteiger partial charge in [-0.2, -0.15) is 13.2 Å². The number of carbonyl (C=O) groups is 1. The molecule has 4 rings (SSSR count). The van der Waals surface area contributed by atoms with E-state index in [1.165, 1.54) is 25.1 Å². The van der Waals surface area contributed by atoms with Crippen LogP contribution in [0.5, 0.6) is 0 Å². The fourth-order valence-corrected chi connectivity index (χ4v) is 4.50. The zero-order valence-electron chi connectivity index (χ0n) is 19.3. The molecule has 1 fully saturated rings. The van der Waals surface area contributed by atoms with Crippen LogP contribution in [-0.4, -0.2) is 46.7 Å². The van der Waals surface area contributed by atoms with Crippen LogP contribution >= 0.6 is 11.6 Å². The zero-order valence-corrected chi connectivity index (χ0v) is 20.1. The summed E-state index contributed by atoms with van der Waals surface area (Å²) >= 11 is 5.73. The molecule has 9 heteroatoms. The number of hydrogen-bond donors (Lipinski definition) is 1. The van der Waals surface area contributed by atoms with E-state index in [2.05, 4.69) is 34.1 Å². The smallest absolute Gasteiger partial charge is 0.325 e. The lowest BCUT2D eigenvalue weighted by Crippen LogP contribution is -2.30. The predicted molar refractivity (Wildman–Crippen MR) is 131 cm³/mol. The molecule has 0 spiro atoms. The van der Waals surface area contributed by atoms with Gasteiger partial charge in [0.15, 0.2) is 0 Å². The number of halogens is 4. The molecule has 1 aliphatic heterocycles. The SMILES string of the molecule is CN1CCC(CCc2ccc3c(c2)cc(C#CC(=O)Nc2ccc(Cl)nc2)n3CC(F)(F)F)CC1. The Hall–Kier alpha value is -3.02. The maximum atomic E-state index is 13.3. The van der Waals surface area contributed by atoms with Gasteiger partial charge < -0.3 is 14.8 Å². The van der Waals surface area contributed by atoms with Crippen molar-refractivity contribution in [1.29, 1.82) is 0 Å². The number of nitrogens with zero attached hydrogens (tertiary/aromatic N) is 3. The van der Waals surface area contributed by atoms with E-state index in [0.29, 0.717) is 22.5 Å². The minimum atomic E-state index is -4.42. The molecule has 1 aromatic carbocycles. The number of anilines is 1. The standard InChI is InChI=1S/C26H26ClF3N4O/c1-33-12-10-18(11-13-33)2-3-19-4-7-23-20(14-19)15-22(34(23)17-26(28,29)30)6-9-25(35)32-21-5-8-24(27)31-16-21/h4-5,7-8,14-16,18H,2-3,10-13,17H2,1H3,(H,32,35). The third kappa shape index (κ3) is 7.00. The minimum Gasteiger partial charge on any atom is -0.325 e. The fourth-order valence-electron chi connectivity index (χ4n) is 4.38. The van der Waals surface area contributed by atoms with Crippen molar-refractivity contribution < 1.29 is 18.0 Å². The topological polar surface area (TPSA) is 50.2 Å². The molecule has 0 saturated carbocycles. The zero-order chi connectivity index (χ0) is 25.0. The van der Waals surface area contributed by atoms with Crippen molar-refractivity contribution >= 4 is 34.1 Å². The highest BCUT2D eigenvalue weighted by Crippen LogP contribution is 2.28. The monoisotopic (exact) mass is 502 g/mol. The van der Waals surface area contributed by atoms with Gasteiger partial charge in [-0.3, -0.25) is 4.79 Å². The highest BCUT2D eigenvalue weighted by atomic mass is 35.5. The van der Waals surface area contributed by atoms with E-state index in [9.17, 15) is 18.0 Å². The largest absolute Gasteiger partial charge is 0.406 e. The molecule has 3 heterocycles. The Bertz CT molecular complexity index is 1250. The number of fused-ring (bicyclic) bond motifs is 1. The molecule has 0 aliphatic carbocycles. The molecule has 5 nitrogen and oxygen atoms in total. The number of piperidine rings is 1. The Labute approximate surface area is 207 Å². The molecule has 1 amide bonds. The highest BCUT2D eigenvalue weighted by molar-refractivity contribution is 6.29. The van der Waals surface area contributed by atoms with E-state index in [1.807, 2.05) is 12.1 Å². The molecule has 3 aromatic rings. The van der Waals surface area contributed by atoms with Crippen molar-refractivity contribution in [2.45, 2.75) is 38.4 Å². The maximum absolute atomic E-state index is 13.3. The molecule has 184 valence electrons. The highest BCUT2D eigenvalue weighted by Gasteiger charge is 2.29. The van der Waals surface area contributed by atoms with Crippen LogP contribution in [0.4, 0.5) is 18.9 Å². The van der Waals surface area contributed by atoms with E-state index in [0.717, 1.165) is 36.1 Å². The Morgan fingerprint density at radius 3 is 2.66 bits per heavy atom. The van der Waals surface area contributed by atoms with Crippen molar-refractivity contribution in [2.24, 2.45) is 5.92 Å². The van der Waals surface area contributed by atoms with Crippen LogP contribution in [0, 0.1) is 17.8 Å². The number of aryl methyl sites for hydroxylation is 1. The van der Waals surface area contributed by atoms with Gasteiger partial charge in [0.2, 0.25) is 0 Å². The van der Waals surface area contributed by atoms with Gasteiger partial charge >= 0.3 is 12.1 Å². The van der Waals surface area contributed by atoms with E-state index in [-0.39, 0.29) is 10.8 Å². The van der Waals surface area contributed by atoms with Gasteiger partial charge in [-0.15, -0.1) is 0 Å². The van der Waals surface area contributed by atoms with Crippen molar-refractivity contribution in [3.05, 3.63) is 59.0 Å². The maximum Gasteiger partial charge on any atom is 0.406 e. The molecule has 35 heavy (non-hydrogen) atoms. The summed E-state index contributed by atoms with van der Waals surface area (Å²) in [6.07, 6.45) is 1.24. The quantitative estimate of drug-likeness (QED) is 0.369. The molecule has 1 aliphatic rings. The van der Waals surface area contributed by atoms with Gasteiger partial charge in [0.05, 0.1) is 17.6 Å². The van der Waals surface area contributed by atoms with Crippen LogP contribution in [0.2, 0.25) is 5.15 Å². The second kappa shape index (κ2) is 10.7. The number of rotatable bonds is 5. The number of alkyl halides is 3. The summed E-state index contributed by atoms with van der Waals surface area (Å²) in [5.74, 6) is 5.01. The Morgan fingerprint density at radius 2 is 1.97 bits per heavy atom. The summed E-state index contributed by atoms with van der Waals surface area (Å²) in [4.78, 5) is 18.4. The summed E-state index contributed by atoms with van der Waals surface area (Å²) in [6.45, 7) is 1.03. The summed E-state index contributed by atoms with van der Waals surface area (Å²) in [5.41, 5.74) is 2.05. The number of nitrogens with one attached hydrogen (secondary N) is 1. The van der Waals surface area contributed by atoms with Crippen LogP contribution in [-0.2, 0) is 17.8 Å². The molecule has 0 atom stereocenters. The van der Waals surface area contributed by atoms with Gasteiger partial charge in [0, 0.05) is 16.8 Å². The first kappa shape index (κ1) is 25.1. The minimum absolute atomic E-state index is 0.133. The third-order valence-corrected chi connectivity index (χ3v) is 6.50. The lowest BCUT2D eigenvalue weighted by Gasteiger charge is -2.28. The van der Waals surface area contributed by atoms with Crippen LogP contribution in [0.3, 0.4) is 0 Å². The Balaban J connectivity index is 1.53. The van der Waals surface area contributed by atoms with Gasteiger partial charge in [-0.25, -0.2) is 4.98 Å². The van der Waals surface area contributed by atoms with Gasteiger partial charge in [0.1, 0.15) is 11.7 Å². The molecule has 1 saturated heterocycles. The Morgan fingerprint density at radius 1 is 1.20 bits per heavy atom. The number of hydrogen-bond acceptors (Lipinski definition) is 3. The Kier molecular flexibility index (Phi) is 7.68. The second-order valence-corrected chi connectivity index (χ2v) is 9.37. The number of pyridine rings is 1. The van der Waals surface area contributed by atoms with Crippen molar-refractivity contribution in [3.8, 4) is 11.8 Å². The average molecular weight is 503 g/mol.